The van der Waals surface area contributed by atoms with Crippen molar-refractivity contribution in [2.75, 3.05) is 13.1 Å². The van der Waals surface area contributed by atoms with Crippen LogP contribution >= 0.6 is 11.6 Å². The second kappa shape index (κ2) is 8.28. The van der Waals surface area contributed by atoms with E-state index in [1.165, 1.54) is 0 Å². The first-order valence-corrected chi connectivity index (χ1v) is 7.55. The Morgan fingerprint density at radius 1 is 1.25 bits per heavy atom. The van der Waals surface area contributed by atoms with E-state index >= 15 is 0 Å². The monoisotopic (exact) mass is 296 g/mol. The van der Waals surface area contributed by atoms with Crippen molar-refractivity contribution in [2.24, 2.45) is 0 Å². The maximum Gasteiger partial charge on any atom is 0.224 e. The molecule has 0 aliphatic carbocycles. The number of nitrogens with one attached hydrogen (secondary N) is 1. The van der Waals surface area contributed by atoms with Crippen LogP contribution in [0.3, 0.4) is 0 Å². The topological polar surface area (TPSA) is 32.3 Å². The predicted octanol–water partition coefficient (Wildman–Crippen LogP) is 3.12. The smallest absolute Gasteiger partial charge is 0.224 e. The number of benzene rings is 1. The van der Waals surface area contributed by atoms with Gasteiger partial charge in [-0.1, -0.05) is 23.7 Å². The lowest BCUT2D eigenvalue weighted by atomic mass is 10.1. The molecule has 0 unspecified atom stereocenters. The Balaban J connectivity index is 2.36. The lowest BCUT2D eigenvalue weighted by Crippen LogP contribution is -2.42. The van der Waals surface area contributed by atoms with E-state index in [4.69, 9.17) is 11.6 Å². The molecule has 0 saturated carbocycles. The van der Waals surface area contributed by atoms with E-state index in [0.29, 0.717) is 30.1 Å². The predicted molar refractivity (Wildman–Crippen MR) is 85.1 cm³/mol. The maximum absolute atomic E-state index is 11.9. The van der Waals surface area contributed by atoms with Crippen molar-refractivity contribution in [1.29, 1.82) is 0 Å². The van der Waals surface area contributed by atoms with Gasteiger partial charge in [0.15, 0.2) is 0 Å². The summed E-state index contributed by atoms with van der Waals surface area (Å²) in [6, 6.07) is 8.39. The molecule has 1 aromatic rings. The van der Waals surface area contributed by atoms with Gasteiger partial charge in [-0.05, 0) is 45.4 Å². The van der Waals surface area contributed by atoms with Crippen LogP contribution in [0.25, 0.3) is 0 Å². The standard InChI is InChI=1S/C16H25ClN2O/c1-12(2)19(13(3)4)9-8-18-16(20)11-14-6-5-7-15(17)10-14/h5-7,10,12-13H,8-9,11H2,1-4H3,(H,18,20). The van der Waals surface area contributed by atoms with Crippen molar-refractivity contribution in [3.05, 3.63) is 34.9 Å². The van der Waals surface area contributed by atoms with Crippen molar-refractivity contribution < 1.29 is 4.79 Å². The summed E-state index contributed by atoms with van der Waals surface area (Å²) in [4.78, 5) is 14.2. The van der Waals surface area contributed by atoms with Gasteiger partial charge in [0.2, 0.25) is 5.91 Å². The molecular weight excluding hydrogens is 272 g/mol. The Bertz CT molecular complexity index is 424. The zero-order valence-corrected chi connectivity index (χ0v) is 13.6. The van der Waals surface area contributed by atoms with E-state index in [0.717, 1.165) is 12.1 Å². The highest BCUT2D eigenvalue weighted by atomic mass is 35.5. The quantitative estimate of drug-likeness (QED) is 0.838. The van der Waals surface area contributed by atoms with E-state index in [1.807, 2.05) is 24.3 Å². The van der Waals surface area contributed by atoms with E-state index in [2.05, 4.69) is 37.9 Å². The number of nitrogens with zero attached hydrogens (tertiary/aromatic N) is 1. The second-order valence-electron chi connectivity index (χ2n) is 5.58. The molecule has 20 heavy (non-hydrogen) atoms. The molecule has 3 nitrogen and oxygen atoms in total. The van der Waals surface area contributed by atoms with Gasteiger partial charge < -0.3 is 5.32 Å². The van der Waals surface area contributed by atoms with Crippen LogP contribution in [0.4, 0.5) is 0 Å². The fraction of sp³-hybridized carbons (Fsp3) is 0.562. The number of halogens is 1. The fourth-order valence-corrected chi connectivity index (χ4v) is 2.54. The van der Waals surface area contributed by atoms with Crippen LogP contribution in [0.15, 0.2) is 24.3 Å². The number of hydrogen-bond donors (Lipinski definition) is 1. The molecule has 0 aliphatic rings. The molecule has 0 bridgehead atoms. The minimum atomic E-state index is 0.0414. The fourth-order valence-electron chi connectivity index (χ4n) is 2.33. The molecule has 0 atom stereocenters. The van der Waals surface area contributed by atoms with Gasteiger partial charge in [0.25, 0.3) is 0 Å². The van der Waals surface area contributed by atoms with Crippen molar-refractivity contribution in [1.82, 2.24) is 10.2 Å². The van der Waals surface area contributed by atoms with Crippen LogP contribution in [0.2, 0.25) is 5.02 Å². The molecule has 1 aromatic carbocycles. The molecule has 0 fully saturated rings. The minimum absolute atomic E-state index is 0.0414. The molecule has 112 valence electrons. The molecule has 0 radical (unpaired) electrons. The van der Waals surface area contributed by atoms with Crippen LogP contribution in [0, 0.1) is 0 Å². The van der Waals surface area contributed by atoms with Gasteiger partial charge in [0.05, 0.1) is 6.42 Å². The first-order chi connectivity index (χ1) is 9.40. The highest BCUT2D eigenvalue weighted by Crippen LogP contribution is 2.11. The molecule has 1 rings (SSSR count). The van der Waals surface area contributed by atoms with Gasteiger partial charge in [-0.15, -0.1) is 0 Å². The third kappa shape index (κ3) is 5.93. The molecule has 0 saturated heterocycles. The van der Waals surface area contributed by atoms with E-state index in [9.17, 15) is 4.79 Å². The molecule has 1 amide bonds. The molecule has 0 heterocycles. The van der Waals surface area contributed by atoms with Gasteiger partial charge in [-0.2, -0.15) is 0 Å². The molecular formula is C16H25ClN2O. The summed E-state index contributed by atoms with van der Waals surface area (Å²) < 4.78 is 0. The summed E-state index contributed by atoms with van der Waals surface area (Å²) >= 11 is 5.91. The minimum Gasteiger partial charge on any atom is -0.355 e. The summed E-state index contributed by atoms with van der Waals surface area (Å²) in [6.07, 6.45) is 0.379. The van der Waals surface area contributed by atoms with Crippen molar-refractivity contribution >= 4 is 17.5 Å². The number of rotatable bonds is 7. The maximum atomic E-state index is 11.9. The first kappa shape index (κ1) is 17.0. The van der Waals surface area contributed by atoms with Gasteiger partial charge in [-0.3, -0.25) is 9.69 Å². The molecule has 0 aromatic heterocycles. The van der Waals surface area contributed by atoms with Crippen LogP contribution in [-0.2, 0) is 11.2 Å². The van der Waals surface area contributed by atoms with Crippen LogP contribution in [0.5, 0.6) is 0 Å². The Labute approximate surface area is 127 Å². The Hall–Kier alpha value is -1.06. The number of hydrogen-bond acceptors (Lipinski definition) is 2. The number of amides is 1. The van der Waals surface area contributed by atoms with Gasteiger partial charge in [0, 0.05) is 30.2 Å². The van der Waals surface area contributed by atoms with Crippen LogP contribution in [-0.4, -0.2) is 36.0 Å². The SMILES string of the molecule is CC(C)N(CCNC(=O)Cc1cccc(Cl)c1)C(C)C. The average Bonchev–Trinajstić information content (AvgIpc) is 2.33. The Kier molecular flexibility index (Phi) is 7.03. The largest absolute Gasteiger partial charge is 0.355 e. The second-order valence-corrected chi connectivity index (χ2v) is 6.02. The number of carbonyl (C=O) groups excluding carboxylic acids is 1. The molecule has 4 heteroatoms. The van der Waals surface area contributed by atoms with Crippen LogP contribution < -0.4 is 5.32 Å². The van der Waals surface area contributed by atoms with Gasteiger partial charge in [0.1, 0.15) is 0 Å². The van der Waals surface area contributed by atoms with E-state index in [-0.39, 0.29) is 5.91 Å². The molecule has 0 aliphatic heterocycles. The van der Waals surface area contributed by atoms with Gasteiger partial charge >= 0.3 is 0 Å². The van der Waals surface area contributed by atoms with Crippen molar-refractivity contribution in [3.8, 4) is 0 Å². The lowest BCUT2D eigenvalue weighted by molar-refractivity contribution is -0.120. The van der Waals surface area contributed by atoms with E-state index in [1.54, 1.807) is 0 Å². The zero-order chi connectivity index (χ0) is 15.1. The summed E-state index contributed by atoms with van der Waals surface area (Å²) in [5, 5.41) is 3.63. The van der Waals surface area contributed by atoms with Crippen molar-refractivity contribution in [3.63, 3.8) is 0 Å². The Morgan fingerprint density at radius 2 is 1.90 bits per heavy atom. The normalized spacial score (nSPS) is 11.4. The summed E-state index contributed by atoms with van der Waals surface area (Å²) in [6.45, 7) is 10.2. The van der Waals surface area contributed by atoms with Crippen molar-refractivity contribution in [2.45, 2.75) is 46.2 Å². The number of carbonyl (C=O) groups is 1. The van der Waals surface area contributed by atoms with Crippen LogP contribution in [0.1, 0.15) is 33.3 Å². The summed E-state index contributed by atoms with van der Waals surface area (Å²) in [5.41, 5.74) is 0.944. The lowest BCUT2D eigenvalue weighted by Gasteiger charge is -2.30. The zero-order valence-electron chi connectivity index (χ0n) is 12.8. The highest BCUT2D eigenvalue weighted by molar-refractivity contribution is 6.30. The third-order valence-electron chi connectivity index (χ3n) is 3.27. The third-order valence-corrected chi connectivity index (χ3v) is 3.51. The highest BCUT2D eigenvalue weighted by Gasteiger charge is 2.13. The first-order valence-electron chi connectivity index (χ1n) is 7.17. The summed E-state index contributed by atoms with van der Waals surface area (Å²) in [5.74, 6) is 0.0414. The van der Waals surface area contributed by atoms with E-state index < -0.39 is 0 Å². The summed E-state index contributed by atoms with van der Waals surface area (Å²) in [7, 11) is 0. The molecule has 0 spiro atoms. The Morgan fingerprint density at radius 3 is 2.45 bits per heavy atom. The van der Waals surface area contributed by atoms with Gasteiger partial charge in [-0.25, -0.2) is 0 Å². The molecule has 1 N–H and O–H groups in total. The average molecular weight is 297 g/mol.